The SMILES string of the molecule is CCCCCC#CC(CS(=O)(=O)N1CCN(c2ccc(Cl)cn2)CC1)NO. The van der Waals surface area contributed by atoms with Gasteiger partial charge in [0, 0.05) is 38.8 Å². The summed E-state index contributed by atoms with van der Waals surface area (Å²) >= 11 is 5.85. The standard InChI is InChI=1S/C18H27ClN4O3S/c1-2-3-4-5-6-7-17(21-24)15-27(25,26)23-12-10-22(11-13-23)18-9-8-16(19)14-20-18/h8-9,14,17,21,24H,2-5,10-13,15H2,1H3. The van der Waals surface area contributed by atoms with Crippen LogP contribution in [0.15, 0.2) is 18.3 Å². The van der Waals surface area contributed by atoms with Crippen LogP contribution in [0, 0.1) is 11.8 Å². The molecule has 0 bridgehead atoms. The first kappa shape index (κ1) is 21.9. The van der Waals surface area contributed by atoms with E-state index in [1.165, 1.54) is 4.31 Å². The molecule has 0 amide bonds. The highest BCUT2D eigenvalue weighted by atomic mass is 35.5. The van der Waals surface area contributed by atoms with E-state index in [9.17, 15) is 13.6 Å². The molecule has 27 heavy (non-hydrogen) atoms. The van der Waals surface area contributed by atoms with Crippen molar-refractivity contribution in [2.75, 3.05) is 36.8 Å². The number of anilines is 1. The smallest absolute Gasteiger partial charge is 0.216 e. The van der Waals surface area contributed by atoms with Crippen molar-refractivity contribution in [3.8, 4) is 11.8 Å². The Kier molecular flexibility index (Phi) is 8.80. The summed E-state index contributed by atoms with van der Waals surface area (Å²) in [5.41, 5.74) is 2.02. The Morgan fingerprint density at radius 2 is 2.04 bits per heavy atom. The molecule has 1 fully saturated rings. The van der Waals surface area contributed by atoms with Gasteiger partial charge in [0.05, 0.1) is 10.8 Å². The number of unbranched alkanes of at least 4 members (excludes halogenated alkanes) is 3. The second kappa shape index (κ2) is 10.8. The molecule has 1 aromatic heterocycles. The van der Waals surface area contributed by atoms with E-state index in [1.54, 1.807) is 12.3 Å². The van der Waals surface area contributed by atoms with E-state index >= 15 is 0 Å². The maximum atomic E-state index is 12.6. The van der Waals surface area contributed by atoms with Crippen LogP contribution in [0.4, 0.5) is 5.82 Å². The fourth-order valence-corrected chi connectivity index (χ4v) is 4.46. The van der Waals surface area contributed by atoms with Gasteiger partial charge in [-0.3, -0.25) is 0 Å². The second-order valence-corrected chi connectivity index (χ2v) is 8.91. The highest BCUT2D eigenvalue weighted by molar-refractivity contribution is 7.89. The fraction of sp³-hybridized carbons (Fsp3) is 0.611. The van der Waals surface area contributed by atoms with E-state index in [0.717, 1.165) is 25.1 Å². The van der Waals surface area contributed by atoms with Gasteiger partial charge in [0.1, 0.15) is 11.9 Å². The minimum atomic E-state index is -3.51. The Hall–Kier alpha value is -1.37. The van der Waals surface area contributed by atoms with E-state index in [1.807, 2.05) is 16.4 Å². The number of piperazine rings is 1. The second-order valence-electron chi connectivity index (χ2n) is 6.46. The summed E-state index contributed by atoms with van der Waals surface area (Å²) in [4.78, 5) is 6.30. The van der Waals surface area contributed by atoms with Crippen LogP contribution in [0.25, 0.3) is 0 Å². The first-order valence-electron chi connectivity index (χ1n) is 9.18. The van der Waals surface area contributed by atoms with Gasteiger partial charge in [0.25, 0.3) is 0 Å². The van der Waals surface area contributed by atoms with Crippen molar-refractivity contribution in [1.29, 1.82) is 0 Å². The zero-order valence-corrected chi connectivity index (χ0v) is 17.1. The molecule has 0 spiro atoms. The van der Waals surface area contributed by atoms with Crippen LogP contribution >= 0.6 is 11.6 Å². The normalized spacial score (nSPS) is 16.6. The van der Waals surface area contributed by atoms with Gasteiger partial charge in [0.15, 0.2) is 0 Å². The van der Waals surface area contributed by atoms with Crippen LogP contribution < -0.4 is 10.4 Å². The zero-order valence-electron chi connectivity index (χ0n) is 15.6. The number of rotatable bonds is 8. The van der Waals surface area contributed by atoms with Crippen LogP contribution in [0.1, 0.15) is 32.6 Å². The molecule has 1 aromatic rings. The first-order chi connectivity index (χ1) is 13.0. The van der Waals surface area contributed by atoms with Crippen LogP contribution in [0.5, 0.6) is 0 Å². The summed E-state index contributed by atoms with van der Waals surface area (Å²) in [6.07, 6.45) is 5.47. The molecular weight excluding hydrogens is 388 g/mol. The lowest BCUT2D eigenvalue weighted by atomic mass is 10.2. The number of nitrogens with zero attached hydrogens (tertiary/aromatic N) is 3. The quantitative estimate of drug-likeness (QED) is 0.385. The fourth-order valence-electron chi connectivity index (χ4n) is 2.84. The number of hydrogen-bond acceptors (Lipinski definition) is 6. The van der Waals surface area contributed by atoms with Crippen molar-refractivity contribution in [3.05, 3.63) is 23.4 Å². The number of halogens is 1. The predicted octanol–water partition coefficient (Wildman–Crippen LogP) is 2.12. The van der Waals surface area contributed by atoms with E-state index < -0.39 is 16.1 Å². The third-order valence-corrected chi connectivity index (χ3v) is 6.51. The Morgan fingerprint density at radius 1 is 1.30 bits per heavy atom. The Bertz CT molecular complexity index is 738. The minimum Gasteiger partial charge on any atom is -0.354 e. The number of pyridine rings is 1. The molecule has 1 saturated heterocycles. The molecule has 0 aromatic carbocycles. The summed E-state index contributed by atoms with van der Waals surface area (Å²) in [5, 5.41) is 9.81. The monoisotopic (exact) mass is 414 g/mol. The molecule has 2 N–H and O–H groups in total. The maximum absolute atomic E-state index is 12.6. The number of aromatic nitrogens is 1. The molecule has 1 aliphatic heterocycles. The number of hydrogen-bond donors (Lipinski definition) is 2. The lowest BCUT2D eigenvalue weighted by Gasteiger charge is -2.35. The van der Waals surface area contributed by atoms with Crippen LogP contribution in [-0.2, 0) is 10.0 Å². The van der Waals surface area contributed by atoms with Crippen molar-refractivity contribution >= 4 is 27.4 Å². The van der Waals surface area contributed by atoms with Gasteiger partial charge in [-0.1, -0.05) is 37.3 Å². The van der Waals surface area contributed by atoms with Crippen LogP contribution in [0.2, 0.25) is 5.02 Å². The molecule has 1 atom stereocenters. The van der Waals surface area contributed by atoms with Gasteiger partial charge in [-0.25, -0.2) is 13.4 Å². The molecule has 1 unspecified atom stereocenters. The molecule has 0 radical (unpaired) electrons. The highest BCUT2D eigenvalue weighted by Gasteiger charge is 2.29. The summed E-state index contributed by atoms with van der Waals surface area (Å²) in [6, 6.07) is 2.81. The third kappa shape index (κ3) is 6.94. The van der Waals surface area contributed by atoms with E-state index in [4.69, 9.17) is 11.6 Å². The van der Waals surface area contributed by atoms with E-state index in [-0.39, 0.29) is 5.75 Å². The number of sulfonamides is 1. The average Bonchev–Trinajstić information content (AvgIpc) is 2.67. The van der Waals surface area contributed by atoms with Crippen molar-refractivity contribution in [1.82, 2.24) is 14.8 Å². The predicted molar refractivity (Wildman–Crippen MR) is 107 cm³/mol. The molecule has 7 nitrogen and oxygen atoms in total. The molecule has 0 aliphatic carbocycles. The van der Waals surface area contributed by atoms with Gasteiger partial charge < -0.3 is 10.1 Å². The van der Waals surface area contributed by atoms with Crippen molar-refractivity contribution in [2.24, 2.45) is 0 Å². The molecule has 2 rings (SSSR count). The highest BCUT2D eigenvalue weighted by Crippen LogP contribution is 2.17. The topological polar surface area (TPSA) is 85.8 Å². The lowest BCUT2D eigenvalue weighted by Crippen LogP contribution is -2.51. The largest absolute Gasteiger partial charge is 0.354 e. The molecule has 0 saturated carbocycles. The van der Waals surface area contributed by atoms with Gasteiger partial charge in [-0.05, 0) is 18.6 Å². The molecule has 9 heteroatoms. The summed E-state index contributed by atoms with van der Waals surface area (Å²) < 4.78 is 26.7. The number of nitrogens with one attached hydrogen (secondary N) is 1. The van der Waals surface area contributed by atoms with Crippen molar-refractivity contribution in [2.45, 2.75) is 38.6 Å². The summed E-state index contributed by atoms with van der Waals surface area (Å²) in [6.45, 7) is 3.95. The van der Waals surface area contributed by atoms with Gasteiger partial charge in [0.2, 0.25) is 10.0 Å². The summed E-state index contributed by atoms with van der Waals surface area (Å²) in [7, 11) is -3.51. The first-order valence-corrected chi connectivity index (χ1v) is 11.2. The van der Waals surface area contributed by atoms with Gasteiger partial charge >= 0.3 is 0 Å². The van der Waals surface area contributed by atoms with Crippen LogP contribution in [0.3, 0.4) is 0 Å². The Labute approximate surface area is 166 Å². The molecule has 150 valence electrons. The minimum absolute atomic E-state index is 0.247. The summed E-state index contributed by atoms with van der Waals surface area (Å²) in [5.74, 6) is 6.30. The molecular formula is C18H27ClN4O3S. The molecule has 2 heterocycles. The Balaban J connectivity index is 1.88. The van der Waals surface area contributed by atoms with E-state index in [0.29, 0.717) is 37.6 Å². The molecule has 1 aliphatic rings. The third-order valence-electron chi connectivity index (χ3n) is 4.38. The average molecular weight is 415 g/mol. The van der Waals surface area contributed by atoms with Crippen LogP contribution in [-0.4, -0.2) is 60.9 Å². The van der Waals surface area contributed by atoms with Crippen molar-refractivity contribution < 1.29 is 13.6 Å². The zero-order chi connectivity index (χ0) is 19.7. The van der Waals surface area contributed by atoms with Gasteiger partial charge in [-0.15, -0.1) is 5.92 Å². The number of hydroxylamine groups is 1. The van der Waals surface area contributed by atoms with Crippen molar-refractivity contribution in [3.63, 3.8) is 0 Å². The van der Waals surface area contributed by atoms with Gasteiger partial charge in [-0.2, -0.15) is 9.79 Å². The Morgan fingerprint density at radius 3 is 2.63 bits per heavy atom. The maximum Gasteiger partial charge on any atom is 0.216 e. The van der Waals surface area contributed by atoms with E-state index in [2.05, 4.69) is 23.7 Å². The lowest BCUT2D eigenvalue weighted by molar-refractivity contribution is 0.153.